The fourth-order valence-corrected chi connectivity index (χ4v) is 1.59. The molecule has 1 rings (SSSR count). The number of nitrogens with two attached hydrogens (primary N) is 1. The van der Waals surface area contributed by atoms with E-state index in [-0.39, 0.29) is 24.0 Å². The Balaban J connectivity index is 2.09. The summed E-state index contributed by atoms with van der Waals surface area (Å²) in [5, 5.41) is 17.4. The Bertz CT molecular complexity index is 285. The molecule has 1 heterocycles. The molecule has 1 amide bonds. The summed E-state index contributed by atoms with van der Waals surface area (Å²) in [6.07, 6.45) is 1.00. The van der Waals surface area contributed by atoms with Crippen LogP contribution in [0.2, 0.25) is 0 Å². The number of carbonyl (C=O) groups is 2. The van der Waals surface area contributed by atoms with Crippen LogP contribution in [-0.2, 0) is 9.59 Å². The molecule has 1 saturated heterocycles. The van der Waals surface area contributed by atoms with Gasteiger partial charge < -0.3 is 16.2 Å². The second kappa shape index (κ2) is 6.65. The van der Waals surface area contributed by atoms with Crippen LogP contribution in [0.5, 0.6) is 0 Å². The summed E-state index contributed by atoms with van der Waals surface area (Å²) in [4.78, 5) is 22.1. The standard InChI is InChI=1S/C10H20N4O3/c1-6-9(17)14-10(13-6)12-4-2-3-7(11)8(16)5-15/h6-7,10,12-13,15H,2-5,11H2,1H3,(H,14,17). The smallest absolute Gasteiger partial charge is 0.239 e. The molecule has 3 atom stereocenters. The van der Waals surface area contributed by atoms with Gasteiger partial charge in [0.1, 0.15) is 12.9 Å². The van der Waals surface area contributed by atoms with Crippen molar-refractivity contribution >= 4 is 11.7 Å². The predicted octanol–water partition coefficient (Wildman–Crippen LogP) is -2.36. The highest BCUT2D eigenvalue weighted by Gasteiger charge is 2.26. The second-order valence-corrected chi connectivity index (χ2v) is 4.16. The number of hydrogen-bond donors (Lipinski definition) is 5. The molecule has 6 N–H and O–H groups in total. The van der Waals surface area contributed by atoms with Gasteiger partial charge in [0.05, 0.1) is 12.1 Å². The maximum Gasteiger partial charge on any atom is 0.239 e. The van der Waals surface area contributed by atoms with Crippen LogP contribution in [0.1, 0.15) is 19.8 Å². The maximum absolute atomic E-state index is 11.1. The predicted molar refractivity (Wildman–Crippen MR) is 61.8 cm³/mol. The number of ketones is 1. The maximum atomic E-state index is 11.1. The van der Waals surface area contributed by atoms with Crippen molar-refractivity contribution < 1.29 is 14.7 Å². The molecule has 7 heteroatoms. The molecule has 3 unspecified atom stereocenters. The Hall–Kier alpha value is -1.02. The van der Waals surface area contributed by atoms with Gasteiger partial charge in [-0.3, -0.25) is 20.2 Å². The van der Waals surface area contributed by atoms with Crippen LogP contribution in [0.15, 0.2) is 0 Å². The molecular weight excluding hydrogens is 224 g/mol. The highest BCUT2D eigenvalue weighted by molar-refractivity contribution is 5.84. The topological polar surface area (TPSA) is 116 Å². The molecule has 7 nitrogen and oxygen atoms in total. The molecule has 0 radical (unpaired) electrons. The first kappa shape index (κ1) is 14.0. The number of amides is 1. The molecule has 1 aliphatic rings. The molecular formula is C10H20N4O3. The lowest BCUT2D eigenvalue weighted by Gasteiger charge is -2.14. The number of rotatable bonds is 7. The van der Waals surface area contributed by atoms with Gasteiger partial charge >= 0.3 is 0 Å². The van der Waals surface area contributed by atoms with Gasteiger partial charge in [0.25, 0.3) is 0 Å². The minimum Gasteiger partial charge on any atom is -0.389 e. The van der Waals surface area contributed by atoms with E-state index in [1.165, 1.54) is 0 Å². The molecule has 0 aromatic rings. The van der Waals surface area contributed by atoms with E-state index in [2.05, 4.69) is 16.0 Å². The van der Waals surface area contributed by atoms with Crippen LogP contribution in [0, 0.1) is 0 Å². The molecule has 0 spiro atoms. The largest absolute Gasteiger partial charge is 0.389 e. The van der Waals surface area contributed by atoms with Gasteiger partial charge in [-0.05, 0) is 26.3 Å². The van der Waals surface area contributed by atoms with Crippen LogP contribution in [0.3, 0.4) is 0 Å². The highest BCUT2D eigenvalue weighted by atomic mass is 16.3. The summed E-state index contributed by atoms with van der Waals surface area (Å²) in [5.74, 6) is -0.374. The number of hydrogen-bond acceptors (Lipinski definition) is 6. The third-order valence-electron chi connectivity index (χ3n) is 2.71. The molecule has 0 bridgehead atoms. The van der Waals surface area contributed by atoms with E-state index in [4.69, 9.17) is 10.8 Å². The minimum atomic E-state index is -0.605. The van der Waals surface area contributed by atoms with Crippen LogP contribution in [0.25, 0.3) is 0 Å². The average molecular weight is 244 g/mol. The second-order valence-electron chi connectivity index (χ2n) is 4.16. The third-order valence-corrected chi connectivity index (χ3v) is 2.71. The van der Waals surface area contributed by atoms with Crippen LogP contribution in [0.4, 0.5) is 0 Å². The van der Waals surface area contributed by atoms with Crippen molar-refractivity contribution in [1.82, 2.24) is 16.0 Å². The van der Waals surface area contributed by atoms with Gasteiger partial charge in [0, 0.05) is 0 Å². The quantitative estimate of drug-likeness (QED) is 0.320. The van der Waals surface area contributed by atoms with Crippen molar-refractivity contribution in [2.24, 2.45) is 5.73 Å². The lowest BCUT2D eigenvalue weighted by molar-refractivity contribution is -0.123. The lowest BCUT2D eigenvalue weighted by atomic mass is 10.1. The first-order valence-corrected chi connectivity index (χ1v) is 5.73. The van der Waals surface area contributed by atoms with Crippen LogP contribution < -0.4 is 21.7 Å². The highest BCUT2D eigenvalue weighted by Crippen LogP contribution is 1.97. The molecule has 0 saturated carbocycles. The van der Waals surface area contributed by atoms with Gasteiger partial charge in [-0.25, -0.2) is 0 Å². The number of Topliss-reactive ketones (excluding diaryl/α,β-unsaturated/α-hetero) is 1. The van der Waals surface area contributed by atoms with Gasteiger partial charge in [0.2, 0.25) is 5.91 Å². The number of aliphatic hydroxyl groups is 1. The molecule has 98 valence electrons. The van der Waals surface area contributed by atoms with Gasteiger partial charge in [-0.15, -0.1) is 0 Å². The van der Waals surface area contributed by atoms with E-state index in [1.54, 1.807) is 6.92 Å². The number of carbonyl (C=O) groups excluding carboxylic acids is 2. The summed E-state index contributed by atoms with van der Waals surface area (Å²) in [6, 6.07) is -0.794. The van der Waals surface area contributed by atoms with Crippen molar-refractivity contribution in [3.63, 3.8) is 0 Å². The first-order chi connectivity index (χ1) is 8.04. The number of nitrogens with one attached hydrogen (secondary N) is 3. The molecule has 1 aliphatic heterocycles. The molecule has 0 aromatic heterocycles. The van der Waals surface area contributed by atoms with Crippen molar-refractivity contribution in [3.05, 3.63) is 0 Å². The Labute approximate surface area is 100 Å². The van der Waals surface area contributed by atoms with E-state index in [0.717, 1.165) is 0 Å². The van der Waals surface area contributed by atoms with Gasteiger partial charge in [-0.1, -0.05) is 0 Å². The molecule has 17 heavy (non-hydrogen) atoms. The first-order valence-electron chi connectivity index (χ1n) is 5.73. The lowest BCUT2D eigenvalue weighted by Crippen LogP contribution is -2.46. The van der Waals surface area contributed by atoms with Crippen molar-refractivity contribution in [3.8, 4) is 0 Å². The summed E-state index contributed by atoms with van der Waals surface area (Å²) >= 11 is 0. The summed E-state index contributed by atoms with van der Waals surface area (Å²) in [7, 11) is 0. The average Bonchev–Trinajstić information content (AvgIpc) is 2.63. The van der Waals surface area contributed by atoms with E-state index in [9.17, 15) is 9.59 Å². The zero-order chi connectivity index (χ0) is 12.8. The monoisotopic (exact) mass is 244 g/mol. The summed E-state index contributed by atoms with van der Waals surface area (Å²) in [5.41, 5.74) is 5.54. The summed E-state index contributed by atoms with van der Waals surface area (Å²) in [6.45, 7) is 1.91. The van der Waals surface area contributed by atoms with Crippen LogP contribution >= 0.6 is 0 Å². The molecule has 1 fully saturated rings. The third kappa shape index (κ3) is 4.39. The van der Waals surface area contributed by atoms with E-state index >= 15 is 0 Å². The van der Waals surface area contributed by atoms with Gasteiger partial charge in [-0.2, -0.15) is 0 Å². The Morgan fingerprint density at radius 3 is 2.88 bits per heavy atom. The van der Waals surface area contributed by atoms with E-state index in [1.807, 2.05) is 0 Å². The fraction of sp³-hybridized carbons (Fsp3) is 0.800. The van der Waals surface area contributed by atoms with Gasteiger partial charge in [0.15, 0.2) is 5.78 Å². The van der Waals surface area contributed by atoms with E-state index in [0.29, 0.717) is 19.4 Å². The Morgan fingerprint density at radius 2 is 2.35 bits per heavy atom. The minimum absolute atomic E-state index is 0.0327. The Kier molecular flexibility index (Phi) is 5.49. The van der Waals surface area contributed by atoms with Crippen molar-refractivity contribution in [2.45, 2.75) is 38.1 Å². The van der Waals surface area contributed by atoms with Crippen LogP contribution in [-0.4, -0.2) is 48.3 Å². The number of aliphatic hydroxyl groups excluding tert-OH is 1. The zero-order valence-electron chi connectivity index (χ0n) is 9.90. The van der Waals surface area contributed by atoms with Crippen molar-refractivity contribution in [2.75, 3.05) is 13.2 Å². The van der Waals surface area contributed by atoms with Crippen molar-refractivity contribution in [1.29, 1.82) is 0 Å². The summed E-state index contributed by atoms with van der Waals surface area (Å²) < 4.78 is 0. The van der Waals surface area contributed by atoms with E-state index < -0.39 is 12.6 Å². The molecule has 0 aliphatic carbocycles. The zero-order valence-corrected chi connectivity index (χ0v) is 9.90. The Morgan fingerprint density at radius 1 is 1.65 bits per heavy atom. The SMILES string of the molecule is CC1NC(NCCCC(N)C(=O)CO)NC1=O. The normalized spacial score (nSPS) is 25.7. The molecule has 0 aromatic carbocycles. The fourth-order valence-electron chi connectivity index (χ4n) is 1.59.